The van der Waals surface area contributed by atoms with Crippen LogP contribution < -0.4 is 10.0 Å². The second-order valence-corrected chi connectivity index (χ2v) is 7.97. The molecular weight excluding hydrogens is 380 g/mol. The van der Waals surface area contributed by atoms with Gasteiger partial charge in [-0.1, -0.05) is 48.0 Å². The predicted molar refractivity (Wildman–Crippen MR) is 105 cm³/mol. The van der Waals surface area contributed by atoms with E-state index in [0.29, 0.717) is 5.56 Å². The molecule has 150 valence electrons. The van der Waals surface area contributed by atoms with Gasteiger partial charge in [-0.2, -0.15) is 0 Å². The Balaban J connectivity index is 2.47. The highest BCUT2D eigenvalue weighted by molar-refractivity contribution is 7.89. The van der Waals surface area contributed by atoms with E-state index in [1.165, 1.54) is 19.1 Å². The maximum absolute atomic E-state index is 12.9. The van der Waals surface area contributed by atoms with Gasteiger partial charge < -0.3 is 10.1 Å². The largest absolute Gasteiger partial charge is 0.464 e. The monoisotopic (exact) mass is 404 g/mol. The van der Waals surface area contributed by atoms with Crippen molar-refractivity contribution >= 4 is 21.9 Å². The van der Waals surface area contributed by atoms with E-state index in [1.807, 2.05) is 6.92 Å². The number of benzene rings is 2. The van der Waals surface area contributed by atoms with Crippen molar-refractivity contribution in [2.24, 2.45) is 0 Å². The highest BCUT2D eigenvalue weighted by Gasteiger charge is 2.35. The molecule has 2 rings (SSSR count). The first kappa shape index (κ1) is 21.6. The van der Waals surface area contributed by atoms with Gasteiger partial charge in [-0.25, -0.2) is 17.9 Å². The Hall–Kier alpha value is -2.71. The van der Waals surface area contributed by atoms with Crippen molar-refractivity contribution in [3.63, 3.8) is 0 Å². The van der Waals surface area contributed by atoms with Gasteiger partial charge in [-0.05, 0) is 31.5 Å². The Labute approximate surface area is 165 Å². The molecule has 0 aliphatic rings. The third-order valence-electron chi connectivity index (χ3n) is 4.00. The van der Waals surface area contributed by atoms with Crippen molar-refractivity contribution in [1.29, 1.82) is 0 Å². The Morgan fingerprint density at radius 2 is 1.64 bits per heavy atom. The number of nitrogens with one attached hydrogen (secondary N) is 2. The predicted octanol–water partition coefficient (Wildman–Crippen LogP) is 2.08. The second kappa shape index (κ2) is 9.48. The first-order valence-corrected chi connectivity index (χ1v) is 10.3. The van der Waals surface area contributed by atoms with E-state index in [2.05, 4.69) is 10.0 Å². The maximum Gasteiger partial charge on any atom is 0.330 e. The number of sulfonamides is 1. The number of hydrogen-bond donors (Lipinski definition) is 2. The number of rotatable bonds is 8. The van der Waals surface area contributed by atoms with E-state index in [1.54, 1.807) is 49.4 Å². The molecule has 0 fully saturated rings. The molecule has 28 heavy (non-hydrogen) atoms. The molecular formula is C20H24N2O5S. The van der Waals surface area contributed by atoms with E-state index >= 15 is 0 Å². The van der Waals surface area contributed by atoms with Gasteiger partial charge in [0.2, 0.25) is 15.9 Å². The Bertz CT molecular complexity index is 911. The summed E-state index contributed by atoms with van der Waals surface area (Å²) in [6.07, 6.45) is 0. The van der Waals surface area contributed by atoms with Crippen molar-refractivity contribution in [3.05, 3.63) is 65.7 Å². The molecule has 0 aliphatic carbocycles. The summed E-state index contributed by atoms with van der Waals surface area (Å²) in [7, 11) is -3.96. The fourth-order valence-corrected chi connectivity index (χ4v) is 3.91. The van der Waals surface area contributed by atoms with E-state index in [0.717, 1.165) is 5.56 Å². The van der Waals surface area contributed by atoms with Crippen molar-refractivity contribution in [2.75, 3.05) is 6.61 Å². The standard InChI is InChI=1S/C20H24N2O5S/c1-4-27-20(24)19(21-15(3)23)18(16-8-6-5-7-9-16)22-28(25,26)17-12-10-14(2)11-13-17/h5-13,18-19,22H,4H2,1-3H3,(H,21,23)/t18-,19+/m0/s1. The van der Waals surface area contributed by atoms with Crippen molar-refractivity contribution in [2.45, 2.75) is 37.8 Å². The fraction of sp³-hybridized carbons (Fsp3) is 0.300. The molecule has 2 N–H and O–H groups in total. The van der Waals surface area contributed by atoms with Crippen LogP contribution in [0.5, 0.6) is 0 Å². The molecule has 2 atom stereocenters. The van der Waals surface area contributed by atoms with Gasteiger partial charge in [0.25, 0.3) is 0 Å². The number of amides is 1. The smallest absolute Gasteiger partial charge is 0.330 e. The molecule has 0 radical (unpaired) electrons. The molecule has 0 heterocycles. The minimum absolute atomic E-state index is 0.0597. The lowest BCUT2D eigenvalue weighted by Gasteiger charge is -2.27. The summed E-state index contributed by atoms with van der Waals surface area (Å²) in [5.41, 5.74) is 1.44. The lowest BCUT2D eigenvalue weighted by Crippen LogP contribution is -2.50. The summed E-state index contributed by atoms with van der Waals surface area (Å²) < 4.78 is 33.4. The van der Waals surface area contributed by atoms with Gasteiger partial charge in [0.05, 0.1) is 17.5 Å². The molecule has 7 nitrogen and oxygen atoms in total. The number of carbonyl (C=O) groups excluding carboxylic acids is 2. The van der Waals surface area contributed by atoms with Crippen LogP contribution in [0.1, 0.15) is 31.0 Å². The van der Waals surface area contributed by atoms with Gasteiger partial charge in [0.15, 0.2) is 0 Å². The highest BCUT2D eigenvalue weighted by Crippen LogP contribution is 2.22. The molecule has 0 unspecified atom stereocenters. The number of ether oxygens (including phenoxy) is 1. The van der Waals surface area contributed by atoms with Crippen molar-refractivity contribution < 1.29 is 22.7 Å². The third kappa shape index (κ3) is 5.64. The SMILES string of the molecule is CCOC(=O)[C@H](NC(C)=O)[C@@H](NS(=O)(=O)c1ccc(C)cc1)c1ccccc1. The minimum Gasteiger partial charge on any atom is -0.464 e. The van der Waals surface area contributed by atoms with Crippen LogP contribution in [0.15, 0.2) is 59.5 Å². The van der Waals surface area contributed by atoms with Crippen LogP contribution in [-0.4, -0.2) is 32.9 Å². The van der Waals surface area contributed by atoms with Crippen LogP contribution >= 0.6 is 0 Å². The zero-order valence-electron chi connectivity index (χ0n) is 16.0. The summed E-state index contributed by atoms with van der Waals surface area (Å²) in [4.78, 5) is 24.2. The molecule has 0 spiro atoms. The van der Waals surface area contributed by atoms with Crippen LogP contribution in [0.4, 0.5) is 0 Å². The average Bonchev–Trinajstić information content (AvgIpc) is 2.65. The molecule has 2 aromatic rings. The van der Waals surface area contributed by atoms with Gasteiger partial charge in [-0.3, -0.25) is 4.79 Å². The molecule has 2 aromatic carbocycles. The van der Waals surface area contributed by atoms with E-state index < -0.39 is 34.0 Å². The average molecular weight is 404 g/mol. The van der Waals surface area contributed by atoms with E-state index in [-0.39, 0.29) is 11.5 Å². The van der Waals surface area contributed by atoms with Crippen LogP contribution in [0.25, 0.3) is 0 Å². The summed E-state index contributed by atoms with van der Waals surface area (Å²) in [6.45, 7) is 4.84. The van der Waals surface area contributed by atoms with E-state index in [4.69, 9.17) is 4.74 Å². The molecule has 8 heteroatoms. The quantitative estimate of drug-likeness (QED) is 0.656. The van der Waals surface area contributed by atoms with Crippen molar-refractivity contribution in [1.82, 2.24) is 10.0 Å². The topological polar surface area (TPSA) is 102 Å². The number of carbonyl (C=O) groups is 2. The molecule has 1 amide bonds. The van der Waals surface area contributed by atoms with Crippen LogP contribution in [-0.2, 0) is 24.3 Å². The van der Waals surface area contributed by atoms with E-state index in [9.17, 15) is 18.0 Å². The zero-order valence-corrected chi connectivity index (χ0v) is 16.8. The Kier molecular flexibility index (Phi) is 7.31. The van der Waals surface area contributed by atoms with Crippen LogP contribution in [0, 0.1) is 6.92 Å². The Morgan fingerprint density at radius 1 is 1.04 bits per heavy atom. The highest BCUT2D eigenvalue weighted by atomic mass is 32.2. The molecule has 0 aliphatic heterocycles. The summed E-state index contributed by atoms with van der Waals surface area (Å²) in [5.74, 6) is -1.20. The summed E-state index contributed by atoms with van der Waals surface area (Å²) >= 11 is 0. The van der Waals surface area contributed by atoms with Crippen LogP contribution in [0.3, 0.4) is 0 Å². The molecule has 0 saturated heterocycles. The summed E-state index contributed by atoms with van der Waals surface area (Å²) in [5, 5.41) is 2.51. The van der Waals surface area contributed by atoms with Gasteiger partial charge in [-0.15, -0.1) is 0 Å². The minimum atomic E-state index is -3.96. The lowest BCUT2D eigenvalue weighted by molar-refractivity contribution is -0.148. The fourth-order valence-electron chi connectivity index (χ4n) is 2.67. The maximum atomic E-state index is 12.9. The zero-order chi connectivity index (χ0) is 20.7. The number of aryl methyl sites for hydroxylation is 1. The number of hydrogen-bond acceptors (Lipinski definition) is 5. The molecule has 0 aromatic heterocycles. The Morgan fingerprint density at radius 3 is 2.18 bits per heavy atom. The summed E-state index contributed by atoms with van der Waals surface area (Å²) in [6, 6.07) is 12.6. The van der Waals surface area contributed by atoms with Crippen molar-refractivity contribution in [3.8, 4) is 0 Å². The van der Waals surface area contributed by atoms with Crippen LogP contribution in [0.2, 0.25) is 0 Å². The normalized spacial score (nSPS) is 13.4. The first-order valence-electron chi connectivity index (χ1n) is 8.82. The van der Waals surface area contributed by atoms with Gasteiger partial charge in [0.1, 0.15) is 6.04 Å². The first-order chi connectivity index (χ1) is 13.2. The third-order valence-corrected chi connectivity index (χ3v) is 5.46. The molecule has 0 bridgehead atoms. The molecule has 0 saturated carbocycles. The number of esters is 1. The van der Waals surface area contributed by atoms with Gasteiger partial charge in [0, 0.05) is 6.92 Å². The second-order valence-electron chi connectivity index (χ2n) is 6.25. The van der Waals surface area contributed by atoms with Gasteiger partial charge >= 0.3 is 5.97 Å². The lowest BCUT2D eigenvalue weighted by atomic mass is 10.00.